The number of carbonyl (C=O) groups is 1. The number of hydrogen-bond donors (Lipinski definition) is 0. The Morgan fingerprint density at radius 1 is 1.37 bits per heavy atom. The van der Waals surface area contributed by atoms with Gasteiger partial charge in [0.1, 0.15) is 0 Å². The number of nitrogens with zero attached hydrogens (tertiary/aromatic N) is 4. The van der Waals surface area contributed by atoms with E-state index >= 15 is 0 Å². The van der Waals surface area contributed by atoms with Crippen molar-refractivity contribution in [1.29, 1.82) is 0 Å². The van der Waals surface area contributed by atoms with E-state index in [1.807, 2.05) is 6.20 Å². The van der Waals surface area contributed by atoms with Crippen molar-refractivity contribution in [3.63, 3.8) is 0 Å². The lowest BCUT2D eigenvalue weighted by atomic mass is 9.92. The minimum atomic E-state index is 0.221. The second kappa shape index (κ2) is 7.76. The smallest absolute Gasteiger partial charge is 0.220 e. The molecule has 27 heavy (non-hydrogen) atoms. The number of hydrogen-bond acceptors (Lipinski definition) is 4. The fraction of sp³-hybridized carbons (Fsp3) is 0.619. The highest BCUT2D eigenvalue weighted by Gasteiger charge is 2.58. The summed E-state index contributed by atoms with van der Waals surface area (Å²) in [6.07, 6.45) is 6.61. The molecular weight excluding hydrogens is 356 g/mol. The molecule has 0 radical (unpaired) electrons. The maximum Gasteiger partial charge on any atom is 0.220 e. The zero-order valence-corrected chi connectivity index (χ0v) is 17.2. The summed E-state index contributed by atoms with van der Waals surface area (Å²) >= 11 is 1.71. The average Bonchev–Trinajstić information content (AvgIpc) is 3.07. The number of likely N-dealkylation sites (tertiary alicyclic amines) is 1. The molecule has 4 rings (SSSR count). The van der Waals surface area contributed by atoms with Crippen LogP contribution in [0, 0.1) is 5.41 Å². The van der Waals surface area contributed by atoms with Crippen LogP contribution in [-0.4, -0.2) is 51.2 Å². The van der Waals surface area contributed by atoms with E-state index < -0.39 is 0 Å². The van der Waals surface area contributed by atoms with Crippen LogP contribution in [0.25, 0.3) is 0 Å². The van der Waals surface area contributed by atoms with Crippen molar-refractivity contribution in [1.82, 2.24) is 19.6 Å². The number of piperidine rings is 1. The number of aromatic nitrogens is 2. The normalized spacial score (nSPS) is 21.5. The van der Waals surface area contributed by atoms with Crippen LogP contribution in [0.5, 0.6) is 0 Å². The van der Waals surface area contributed by atoms with Crippen molar-refractivity contribution in [2.45, 2.75) is 58.7 Å². The van der Waals surface area contributed by atoms with E-state index in [1.165, 1.54) is 30.5 Å². The first-order valence-electron chi connectivity index (χ1n) is 10.1. The van der Waals surface area contributed by atoms with Crippen molar-refractivity contribution >= 4 is 17.2 Å². The Hall–Kier alpha value is -1.66. The lowest BCUT2D eigenvalue weighted by Gasteiger charge is -2.34. The van der Waals surface area contributed by atoms with E-state index in [4.69, 9.17) is 0 Å². The minimum Gasteiger partial charge on any atom is -0.335 e. The van der Waals surface area contributed by atoms with Crippen LogP contribution in [0.4, 0.5) is 0 Å². The molecule has 3 heterocycles. The summed E-state index contributed by atoms with van der Waals surface area (Å²) in [5, 5.41) is 8.63. The first kappa shape index (κ1) is 18.7. The first-order chi connectivity index (χ1) is 13.1. The number of aryl methyl sites for hydroxylation is 1. The number of rotatable bonds is 7. The summed E-state index contributed by atoms with van der Waals surface area (Å²) in [6, 6.07) is 4.72. The average molecular weight is 387 g/mol. The van der Waals surface area contributed by atoms with Crippen LogP contribution in [0.15, 0.2) is 29.1 Å². The molecule has 2 fully saturated rings. The van der Waals surface area contributed by atoms with Gasteiger partial charge in [-0.15, -0.1) is 0 Å². The standard InChI is InChI=1S/C21H30N4OS/c1-3-25-19(4-9-22-25)5-10-23-11-7-21(8-12-23)14-20(21)24(17(2)26)15-18-6-13-27-16-18/h4,6,9,13,16,20H,3,5,7-8,10-12,14-15H2,1-2H3. The molecule has 2 aromatic heterocycles. The Bertz CT molecular complexity index is 761. The molecule has 1 spiro atoms. The van der Waals surface area contributed by atoms with Crippen LogP contribution in [0.2, 0.25) is 0 Å². The molecule has 0 N–H and O–H groups in total. The molecule has 5 nitrogen and oxygen atoms in total. The lowest BCUT2D eigenvalue weighted by Crippen LogP contribution is -2.40. The minimum absolute atomic E-state index is 0.221. The Morgan fingerprint density at radius 2 is 2.19 bits per heavy atom. The van der Waals surface area contributed by atoms with E-state index in [1.54, 1.807) is 18.3 Å². The quantitative estimate of drug-likeness (QED) is 0.732. The Kier molecular flexibility index (Phi) is 5.37. The van der Waals surface area contributed by atoms with Gasteiger partial charge in [-0.05, 0) is 73.1 Å². The van der Waals surface area contributed by atoms with Crippen molar-refractivity contribution < 1.29 is 4.79 Å². The molecule has 1 saturated heterocycles. The third-order valence-corrected chi connectivity index (χ3v) is 7.23. The van der Waals surface area contributed by atoms with Gasteiger partial charge in [0.05, 0.1) is 0 Å². The fourth-order valence-electron chi connectivity index (χ4n) is 4.68. The van der Waals surface area contributed by atoms with Crippen LogP contribution in [0.1, 0.15) is 44.4 Å². The maximum absolute atomic E-state index is 12.2. The highest BCUT2D eigenvalue weighted by Crippen LogP contribution is 2.57. The van der Waals surface area contributed by atoms with Gasteiger partial charge in [0.2, 0.25) is 5.91 Å². The molecule has 146 valence electrons. The molecule has 0 aromatic carbocycles. The first-order valence-corrected chi connectivity index (χ1v) is 11.1. The summed E-state index contributed by atoms with van der Waals surface area (Å²) in [5.74, 6) is 0.221. The van der Waals surface area contributed by atoms with Gasteiger partial charge in [-0.2, -0.15) is 16.4 Å². The molecule has 1 unspecified atom stereocenters. The zero-order chi connectivity index (χ0) is 18.9. The van der Waals surface area contributed by atoms with E-state index in [9.17, 15) is 4.79 Å². The fourth-order valence-corrected chi connectivity index (χ4v) is 5.34. The molecule has 1 aliphatic carbocycles. The van der Waals surface area contributed by atoms with Gasteiger partial charge >= 0.3 is 0 Å². The van der Waals surface area contributed by atoms with Crippen molar-refractivity contribution in [3.05, 3.63) is 40.3 Å². The molecular formula is C21H30N4OS. The van der Waals surface area contributed by atoms with Gasteiger partial charge < -0.3 is 9.80 Å². The summed E-state index contributed by atoms with van der Waals surface area (Å²) in [4.78, 5) is 17.0. The lowest BCUT2D eigenvalue weighted by molar-refractivity contribution is -0.130. The highest BCUT2D eigenvalue weighted by molar-refractivity contribution is 7.07. The van der Waals surface area contributed by atoms with E-state index in [0.29, 0.717) is 11.5 Å². The molecule has 2 aliphatic rings. The zero-order valence-electron chi connectivity index (χ0n) is 16.4. The predicted molar refractivity (Wildman–Crippen MR) is 109 cm³/mol. The van der Waals surface area contributed by atoms with Gasteiger partial charge in [-0.1, -0.05) is 0 Å². The van der Waals surface area contributed by atoms with E-state index in [0.717, 1.165) is 39.1 Å². The molecule has 1 aliphatic heterocycles. The van der Waals surface area contributed by atoms with Crippen LogP contribution in [-0.2, 0) is 24.3 Å². The topological polar surface area (TPSA) is 41.4 Å². The number of thiophene rings is 1. The molecule has 1 atom stereocenters. The van der Waals surface area contributed by atoms with Crippen molar-refractivity contribution in [2.24, 2.45) is 5.41 Å². The summed E-state index contributed by atoms with van der Waals surface area (Å²) < 4.78 is 2.09. The van der Waals surface area contributed by atoms with Crippen LogP contribution >= 0.6 is 11.3 Å². The molecule has 0 bridgehead atoms. The van der Waals surface area contributed by atoms with Gasteiger partial charge in [0.25, 0.3) is 0 Å². The molecule has 1 amide bonds. The van der Waals surface area contributed by atoms with Gasteiger partial charge in [-0.3, -0.25) is 9.48 Å². The molecule has 6 heteroatoms. The van der Waals surface area contributed by atoms with Crippen molar-refractivity contribution in [2.75, 3.05) is 19.6 Å². The Morgan fingerprint density at radius 3 is 2.85 bits per heavy atom. The molecule has 1 saturated carbocycles. The van der Waals surface area contributed by atoms with E-state index in [2.05, 4.69) is 49.4 Å². The van der Waals surface area contributed by atoms with Gasteiger partial charge in [0, 0.05) is 50.9 Å². The van der Waals surface area contributed by atoms with Gasteiger partial charge in [0.15, 0.2) is 0 Å². The second-order valence-corrected chi connectivity index (χ2v) is 8.87. The highest BCUT2D eigenvalue weighted by atomic mass is 32.1. The third-order valence-electron chi connectivity index (χ3n) is 6.50. The summed E-state index contributed by atoms with van der Waals surface area (Å²) in [5.41, 5.74) is 2.98. The second-order valence-electron chi connectivity index (χ2n) is 8.09. The Labute approximate surface area is 166 Å². The largest absolute Gasteiger partial charge is 0.335 e. The van der Waals surface area contributed by atoms with Crippen LogP contribution in [0.3, 0.4) is 0 Å². The van der Waals surface area contributed by atoms with Gasteiger partial charge in [-0.25, -0.2) is 0 Å². The summed E-state index contributed by atoms with van der Waals surface area (Å²) in [6.45, 7) is 9.00. The number of amides is 1. The monoisotopic (exact) mass is 386 g/mol. The SMILES string of the molecule is CCn1nccc1CCN1CCC2(CC1)CC2N(Cc1ccsc1)C(C)=O. The maximum atomic E-state index is 12.2. The van der Waals surface area contributed by atoms with E-state index in [-0.39, 0.29) is 5.91 Å². The predicted octanol–water partition coefficient (Wildman–Crippen LogP) is 3.41. The van der Waals surface area contributed by atoms with Crippen molar-refractivity contribution in [3.8, 4) is 0 Å². The van der Waals surface area contributed by atoms with Crippen LogP contribution < -0.4 is 0 Å². The Balaban J connectivity index is 1.29. The molecule has 2 aromatic rings. The third kappa shape index (κ3) is 3.97. The number of carbonyl (C=O) groups excluding carboxylic acids is 1. The summed E-state index contributed by atoms with van der Waals surface area (Å²) in [7, 11) is 0.